The molecule has 0 saturated carbocycles. The summed E-state index contributed by atoms with van der Waals surface area (Å²) in [6.07, 6.45) is 3.63. The smallest absolute Gasteiger partial charge is 0.331 e. The van der Waals surface area contributed by atoms with Crippen molar-refractivity contribution in [2.45, 2.75) is 13.3 Å². The zero-order valence-electron chi connectivity index (χ0n) is 15.4. The lowest BCUT2D eigenvalue weighted by atomic mass is 10.1. The zero-order valence-corrected chi connectivity index (χ0v) is 16.1. The molecule has 7 heteroatoms. The van der Waals surface area contributed by atoms with Gasteiger partial charge in [0.05, 0.1) is 13.2 Å². The second kappa shape index (κ2) is 9.28. The van der Waals surface area contributed by atoms with E-state index in [0.717, 1.165) is 17.5 Å². The van der Waals surface area contributed by atoms with Crippen LogP contribution >= 0.6 is 11.6 Å². The van der Waals surface area contributed by atoms with Crippen LogP contribution in [-0.2, 0) is 14.3 Å². The first-order chi connectivity index (χ1) is 13.5. The Morgan fingerprint density at radius 1 is 1.14 bits per heavy atom. The van der Waals surface area contributed by atoms with Crippen molar-refractivity contribution in [1.29, 1.82) is 0 Å². The van der Waals surface area contributed by atoms with Crippen LogP contribution in [-0.4, -0.2) is 31.7 Å². The lowest BCUT2D eigenvalue weighted by Gasteiger charge is -2.10. The van der Waals surface area contributed by atoms with E-state index >= 15 is 0 Å². The molecule has 0 atom stereocenters. The van der Waals surface area contributed by atoms with Crippen molar-refractivity contribution in [3.05, 3.63) is 58.6 Å². The van der Waals surface area contributed by atoms with E-state index in [1.165, 1.54) is 6.08 Å². The standard InChI is InChI=1S/C21H20ClNO5/c1-14-3-4-15(11-17(14)22)5-8-21(25)28-13-20(24)23-16-6-7-18-19(12-16)27-10-2-9-26-18/h3-8,11-12H,2,9-10,13H2,1H3,(H,23,24)/b8-5+. The Morgan fingerprint density at radius 3 is 2.71 bits per heavy atom. The molecule has 2 aromatic rings. The van der Waals surface area contributed by atoms with Gasteiger partial charge in [-0.2, -0.15) is 0 Å². The fraction of sp³-hybridized carbons (Fsp3) is 0.238. The lowest BCUT2D eigenvalue weighted by molar-refractivity contribution is -0.142. The maximum Gasteiger partial charge on any atom is 0.331 e. The quantitative estimate of drug-likeness (QED) is 0.605. The molecule has 2 aromatic carbocycles. The number of halogens is 1. The Kier molecular flexibility index (Phi) is 6.55. The number of hydrogen-bond donors (Lipinski definition) is 1. The summed E-state index contributed by atoms with van der Waals surface area (Å²) in [5, 5.41) is 3.28. The predicted octanol–water partition coefficient (Wildman–Crippen LogP) is 4.00. The molecule has 146 valence electrons. The summed E-state index contributed by atoms with van der Waals surface area (Å²) in [5.74, 6) is 0.149. The summed E-state index contributed by atoms with van der Waals surface area (Å²) in [6.45, 7) is 2.65. The molecular weight excluding hydrogens is 382 g/mol. The average Bonchev–Trinajstić information content (AvgIpc) is 2.92. The number of benzene rings is 2. The van der Waals surface area contributed by atoms with Crippen molar-refractivity contribution < 1.29 is 23.8 Å². The second-order valence-electron chi connectivity index (χ2n) is 6.21. The number of esters is 1. The highest BCUT2D eigenvalue weighted by Crippen LogP contribution is 2.32. The Bertz CT molecular complexity index is 910. The molecule has 1 amide bonds. The number of fused-ring (bicyclic) bond motifs is 1. The van der Waals surface area contributed by atoms with Crippen LogP contribution in [0.2, 0.25) is 5.02 Å². The first-order valence-corrected chi connectivity index (χ1v) is 9.19. The van der Waals surface area contributed by atoms with Gasteiger partial charge in [-0.05, 0) is 42.3 Å². The fourth-order valence-electron chi connectivity index (χ4n) is 2.50. The van der Waals surface area contributed by atoms with Crippen molar-refractivity contribution >= 4 is 35.2 Å². The SMILES string of the molecule is Cc1ccc(/C=C/C(=O)OCC(=O)Nc2ccc3c(c2)OCCCO3)cc1Cl. The van der Waals surface area contributed by atoms with E-state index in [2.05, 4.69) is 5.32 Å². The van der Waals surface area contributed by atoms with Crippen LogP contribution in [0.1, 0.15) is 17.5 Å². The van der Waals surface area contributed by atoms with Gasteiger partial charge >= 0.3 is 5.97 Å². The monoisotopic (exact) mass is 401 g/mol. The van der Waals surface area contributed by atoms with Crippen LogP contribution in [0.3, 0.4) is 0 Å². The van der Waals surface area contributed by atoms with Gasteiger partial charge in [-0.15, -0.1) is 0 Å². The molecule has 0 unspecified atom stereocenters. The van der Waals surface area contributed by atoms with Crippen LogP contribution in [0, 0.1) is 6.92 Å². The van der Waals surface area contributed by atoms with Crippen LogP contribution in [0.25, 0.3) is 6.08 Å². The molecular formula is C21H20ClNO5. The van der Waals surface area contributed by atoms with Gasteiger partial charge in [0.15, 0.2) is 18.1 Å². The van der Waals surface area contributed by atoms with Gasteiger partial charge in [0.1, 0.15) is 0 Å². The van der Waals surface area contributed by atoms with Gasteiger partial charge < -0.3 is 19.5 Å². The van der Waals surface area contributed by atoms with E-state index in [9.17, 15) is 9.59 Å². The highest BCUT2D eigenvalue weighted by atomic mass is 35.5. The van der Waals surface area contributed by atoms with Crippen molar-refractivity contribution in [2.24, 2.45) is 0 Å². The number of nitrogens with one attached hydrogen (secondary N) is 1. The van der Waals surface area contributed by atoms with Gasteiger partial charge in [0, 0.05) is 29.3 Å². The van der Waals surface area contributed by atoms with Gasteiger partial charge in [-0.25, -0.2) is 4.79 Å². The van der Waals surface area contributed by atoms with E-state index in [1.807, 2.05) is 19.1 Å². The second-order valence-corrected chi connectivity index (χ2v) is 6.62. The van der Waals surface area contributed by atoms with Gasteiger partial charge in [0.2, 0.25) is 0 Å². The van der Waals surface area contributed by atoms with Crippen molar-refractivity contribution in [1.82, 2.24) is 0 Å². The summed E-state index contributed by atoms with van der Waals surface area (Å²) in [6, 6.07) is 10.6. The summed E-state index contributed by atoms with van der Waals surface area (Å²) in [4.78, 5) is 23.8. The number of aryl methyl sites for hydroxylation is 1. The molecule has 28 heavy (non-hydrogen) atoms. The van der Waals surface area contributed by atoms with Gasteiger partial charge in [-0.1, -0.05) is 23.7 Å². The van der Waals surface area contributed by atoms with E-state index in [1.54, 1.807) is 30.3 Å². The van der Waals surface area contributed by atoms with E-state index in [-0.39, 0.29) is 0 Å². The van der Waals surface area contributed by atoms with Crippen molar-refractivity contribution in [2.75, 3.05) is 25.1 Å². The number of ether oxygens (including phenoxy) is 3. The molecule has 0 saturated heterocycles. The maximum atomic E-state index is 12.0. The molecule has 1 aliphatic heterocycles. The Balaban J connectivity index is 1.49. The molecule has 6 nitrogen and oxygen atoms in total. The molecule has 3 rings (SSSR count). The zero-order chi connectivity index (χ0) is 19.9. The van der Waals surface area contributed by atoms with E-state index in [0.29, 0.717) is 35.4 Å². The first kappa shape index (κ1) is 19.8. The van der Waals surface area contributed by atoms with E-state index in [4.69, 9.17) is 25.8 Å². The number of carbonyl (C=O) groups is 2. The maximum absolute atomic E-state index is 12.0. The third-order valence-corrected chi connectivity index (χ3v) is 4.39. The lowest BCUT2D eigenvalue weighted by Crippen LogP contribution is -2.20. The topological polar surface area (TPSA) is 73.9 Å². The molecule has 0 bridgehead atoms. The molecule has 0 aromatic heterocycles. The van der Waals surface area contributed by atoms with Crippen LogP contribution in [0.5, 0.6) is 11.5 Å². The summed E-state index contributed by atoms with van der Waals surface area (Å²) in [7, 11) is 0. The number of amides is 1. The highest BCUT2D eigenvalue weighted by molar-refractivity contribution is 6.31. The Morgan fingerprint density at radius 2 is 1.93 bits per heavy atom. The summed E-state index contributed by atoms with van der Waals surface area (Å²) in [5.41, 5.74) is 2.26. The van der Waals surface area contributed by atoms with Crippen molar-refractivity contribution in [3.63, 3.8) is 0 Å². The van der Waals surface area contributed by atoms with E-state index < -0.39 is 18.5 Å². The molecule has 1 heterocycles. The number of rotatable bonds is 5. The summed E-state index contributed by atoms with van der Waals surface area (Å²) < 4.78 is 16.1. The highest BCUT2D eigenvalue weighted by Gasteiger charge is 2.12. The third kappa shape index (κ3) is 5.50. The third-order valence-electron chi connectivity index (χ3n) is 3.98. The number of hydrogen-bond acceptors (Lipinski definition) is 5. The molecule has 0 aliphatic carbocycles. The van der Waals surface area contributed by atoms with Gasteiger partial charge in [0.25, 0.3) is 5.91 Å². The van der Waals surface area contributed by atoms with Crippen LogP contribution < -0.4 is 14.8 Å². The normalized spacial score (nSPS) is 13.1. The largest absolute Gasteiger partial charge is 0.490 e. The van der Waals surface area contributed by atoms with Crippen LogP contribution in [0.4, 0.5) is 5.69 Å². The molecule has 0 spiro atoms. The number of carbonyl (C=O) groups excluding carboxylic acids is 2. The predicted molar refractivity (Wildman–Crippen MR) is 107 cm³/mol. The van der Waals surface area contributed by atoms with Gasteiger partial charge in [-0.3, -0.25) is 4.79 Å². The van der Waals surface area contributed by atoms with Crippen LogP contribution in [0.15, 0.2) is 42.5 Å². The average molecular weight is 402 g/mol. The summed E-state index contributed by atoms with van der Waals surface area (Å²) >= 11 is 6.04. The Hall–Kier alpha value is -2.99. The fourth-order valence-corrected chi connectivity index (χ4v) is 2.69. The first-order valence-electron chi connectivity index (χ1n) is 8.82. The minimum atomic E-state index is -0.620. The minimum Gasteiger partial charge on any atom is -0.490 e. The molecule has 1 N–H and O–H groups in total. The Labute approximate surface area is 168 Å². The molecule has 0 radical (unpaired) electrons. The van der Waals surface area contributed by atoms with Crippen molar-refractivity contribution in [3.8, 4) is 11.5 Å². The molecule has 0 fully saturated rings. The number of anilines is 1. The minimum absolute atomic E-state index is 0.397. The molecule has 1 aliphatic rings.